The zero-order valence-corrected chi connectivity index (χ0v) is 13.7. The normalized spacial score (nSPS) is 23.7. The molecule has 0 unspecified atom stereocenters. The Hall–Kier alpha value is -1.86. The molecule has 0 aromatic heterocycles. The van der Waals surface area contributed by atoms with Crippen molar-refractivity contribution in [2.75, 3.05) is 0 Å². The lowest BCUT2D eigenvalue weighted by atomic mass is 9.93. The first-order valence-electron chi connectivity index (χ1n) is 8.71. The molecule has 0 saturated carbocycles. The second-order valence-electron chi connectivity index (χ2n) is 6.48. The van der Waals surface area contributed by atoms with E-state index in [1.54, 1.807) is 0 Å². The predicted molar refractivity (Wildman–Crippen MR) is 96.5 cm³/mol. The maximum Gasteiger partial charge on any atom is 0.0645 e. The minimum absolute atomic E-state index is 0.327. The zero-order valence-electron chi connectivity index (χ0n) is 13.7. The molecule has 3 atom stereocenters. The average Bonchev–Trinajstić information content (AvgIpc) is 3.02. The first-order valence-corrected chi connectivity index (χ1v) is 8.71. The van der Waals surface area contributed by atoms with Crippen molar-refractivity contribution in [3.63, 3.8) is 0 Å². The van der Waals surface area contributed by atoms with Gasteiger partial charge >= 0.3 is 0 Å². The maximum atomic E-state index is 6.34. The van der Waals surface area contributed by atoms with Crippen LogP contribution in [0.5, 0.6) is 0 Å². The summed E-state index contributed by atoms with van der Waals surface area (Å²) in [6, 6.07) is 21.4. The smallest absolute Gasteiger partial charge is 0.0645 e. The van der Waals surface area contributed by atoms with Crippen LogP contribution >= 0.6 is 0 Å². The third-order valence-electron chi connectivity index (χ3n) is 4.84. The van der Waals surface area contributed by atoms with Gasteiger partial charge in [0, 0.05) is 5.92 Å². The van der Waals surface area contributed by atoms with Gasteiger partial charge in [-0.1, -0.05) is 66.7 Å². The van der Waals surface area contributed by atoms with E-state index >= 15 is 0 Å². The Balaban J connectivity index is 1.50. The summed E-state index contributed by atoms with van der Waals surface area (Å²) in [7, 11) is 0. The second kappa shape index (κ2) is 8.12. The number of ether oxygens (including phenoxy) is 1. The Morgan fingerprint density at radius 3 is 2.00 bits per heavy atom. The molecular formula is C22H26O. The Labute approximate surface area is 140 Å². The lowest BCUT2D eigenvalue weighted by molar-refractivity contribution is 0.0304. The van der Waals surface area contributed by atoms with E-state index in [4.69, 9.17) is 4.74 Å². The largest absolute Gasteiger partial charge is 0.374 e. The Morgan fingerprint density at radius 1 is 0.870 bits per heavy atom. The summed E-state index contributed by atoms with van der Waals surface area (Å²) in [5, 5.41) is 0. The molecule has 0 amide bonds. The van der Waals surface area contributed by atoms with Crippen LogP contribution in [0.3, 0.4) is 0 Å². The van der Waals surface area contributed by atoms with Crippen molar-refractivity contribution in [3.8, 4) is 0 Å². The van der Waals surface area contributed by atoms with Gasteiger partial charge in [-0.2, -0.15) is 0 Å². The van der Waals surface area contributed by atoms with Crippen LogP contribution in [0.1, 0.15) is 30.4 Å². The maximum absolute atomic E-state index is 6.34. The van der Waals surface area contributed by atoms with Gasteiger partial charge in [0.15, 0.2) is 0 Å². The predicted octanol–water partition coefficient (Wildman–Crippen LogP) is 5.21. The lowest BCUT2D eigenvalue weighted by Gasteiger charge is -2.16. The van der Waals surface area contributed by atoms with Crippen LogP contribution in [-0.4, -0.2) is 12.2 Å². The molecule has 23 heavy (non-hydrogen) atoms. The van der Waals surface area contributed by atoms with Crippen molar-refractivity contribution >= 4 is 0 Å². The van der Waals surface area contributed by atoms with E-state index in [1.165, 1.54) is 11.1 Å². The highest BCUT2D eigenvalue weighted by Crippen LogP contribution is 2.32. The first kappa shape index (κ1) is 16.0. The van der Waals surface area contributed by atoms with Gasteiger partial charge in [0.05, 0.1) is 12.2 Å². The van der Waals surface area contributed by atoms with Gasteiger partial charge in [-0.25, -0.2) is 0 Å². The minimum atomic E-state index is 0.327. The van der Waals surface area contributed by atoms with E-state index in [-0.39, 0.29) is 0 Å². The topological polar surface area (TPSA) is 9.23 Å². The van der Waals surface area contributed by atoms with E-state index in [1.807, 2.05) is 0 Å². The van der Waals surface area contributed by atoms with Gasteiger partial charge < -0.3 is 4.74 Å². The highest BCUT2D eigenvalue weighted by atomic mass is 16.5. The molecule has 0 aliphatic carbocycles. The summed E-state index contributed by atoms with van der Waals surface area (Å²) >= 11 is 0. The number of hydrogen-bond donors (Lipinski definition) is 0. The Kier molecular flexibility index (Phi) is 5.65. The molecule has 0 spiro atoms. The summed E-state index contributed by atoms with van der Waals surface area (Å²) in [6.07, 6.45) is 8.29. The van der Waals surface area contributed by atoms with Crippen molar-refractivity contribution in [1.29, 1.82) is 0 Å². The van der Waals surface area contributed by atoms with E-state index in [9.17, 15) is 0 Å². The summed E-state index contributed by atoms with van der Waals surface area (Å²) in [6.45, 7) is 4.02. The van der Waals surface area contributed by atoms with Crippen molar-refractivity contribution in [2.45, 2.75) is 44.3 Å². The van der Waals surface area contributed by atoms with Crippen molar-refractivity contribution in [2.24, 2.45) is 5.92 Å². The molecule has 1 nitrogen and oxygen atoms in total. The number of benzene rings is 2. The number of hydrogen-bond acceptors (Lipinski definition) is 1. The highest BCUT2D eigenvalue weighted by Gasteiger charge is 2.32. The SMILES string of the molecule is C=C[C@@H]1C[C@H](CCc2ccccc2)O[C@@H]1CCc1ccccc1. The fourth-order valence-electron chi connectivity index (χ4n) is 3.50. The highest BCUT2D eigenvalue weighted by molar-refractivity contribution is 5.16. The third kappa shape index (κ3) is 4.56. The van der Waals surface area contributed by atoms with Gasteiger partial charge in [0.1, 0.15) is 0 Å². The molecule has 2 aromatic rings. The Morgan fingerprint density at radius 2 is 1.43 bits per heavy atom. The lowest BCUT2D eigenvalue weighted by Crippen LogP contribution is -2.16. The zero-order chi connectivity index (χ0) is 15.9. The molecule has 0 N–H and O–H groups in total. The van der Waals surface area contributed by atoms with E-state index in [0.29, 0.717) is 18.1 Å². The van der Waals surface area contributed by atoms with Crippen LogP contribution in [0.2, 0.25) is 0 Å². The molecule has 2 aromatic carbocycles. The van der Waals surface area contributed by atoms with E-state index < -0.39 is 0 Å². The summed E-state index contributed by atoms with van der Waals surface area (Å²) < 4.78 is 6.34. The van der Waals surface area contributed by atoms with E-state index in [2.05, 4.69) is 73.3 Å². The van der Waals surface area contributed by atoms with Crippen LogP contribution in [0.15, 0.2) is 73.3 Å². The molecule has 1 saturated heterocycles. The van der Waals surface area contributed by atoms with Crippen molar-refractivity contribution in [3.05, 3.63) is 84.4 Å². The monoisotopic (exact) mass is 306 g/mol. The van der Waals surface area contributed by atoms with E-state index in [0.717, 1.165) is 32.1 Å². The second-order valence-corrected chi connectivity index (χ2v) is 6.48. The summed E-state index contributed by atoms with van der Waals surface area (Å²) in [4.78, 5) is 0. The van der Waals surface area contributed by atoms with Gasteiger partial charge in [-0.3, -0.25) is 0 Å². The molecule has 120 valence electrons. The van der Waals surface area contributed by atoms with Crippen LogP contribution in [-0.2, 0) is 17.6 Å². The number of rotatable bonds is 7. The van der Waals surface area contributed by atoms with Crippen molar-refractivity contribution < 1.29 is 4.74 Å². The fraction of sp³-hybridized carbons (Fsp3) is 0.364. The molecule has 1 heteroatoms. The summed E-state index contributed by atoms with van der Waals surface area (Å²) in [5.74, 6) is 0.500. The Bertz CT molecular complexity index is 590. The quantitative estimate of drug-likeness (QED) is 0.638. The van der Waals surface area contributed by atoms with Crippen molar-refractivity contribution in [1.82, 2.24) is 0 Å². The fourth-order valence-corrected chi connectivity index (χ4v) is 3.50. The molecule has 1 heterocycles. The standard InChI is InChI=1S/C22H26O/c1-2-20-17-21(15-13-18-9-5-3-6-10-18)23-22(20)16-14-19-11-7-4-8-12-19/h2-12,20-22H,1,13-17H2/t20-,21+,22-/m1/s1. The molecule has 0 radical (unpaired) electrons. The van der Waals surface area contributed by atoms with Crippen LogP contribution in [0, 0.1) is 5.92 Å². The molecule has 1 aliphatic heterocycles. The van der Waals surface area contributed by atoms with Crippen LogP contribution < -0.4 is 0 Å². The number of aryl methyl sites for hydroxylation is 2. The van der Waals surface area contributed by atoms with Gasteiger partial charge in [-0.15, -0.1) is 6.58 Å². The minimum Gasteiger partial charge on any atom is -0.374 e. The molecule has 0 bridgehead atoms. The van der Waals surface area contributed by atoms with Gasteiger partial charge in [-0.05, 0) is 43.2 Å². The molecule has 3 rings (SSSR count). The molecule has 1 fully saturated rings. The van der Waals surface area contributed by atoms with Gasteiger partial charge in [0.25, 0.3) is 0 Å². The van der Waals surface area contributed by atoms with Gasteiger partial charge in [0.2, 0.25) is 0 Å². The van der Waals surface area contributed by atoms with Crippen LogP contribution in [0.4, 0.5) is 0 Å². The molecule has 1 aliphatic rings. The molecular weight excluding hydrogens is 280 g/mol. The summed E-state index contributed by atoms with van der Waals surface area (Å²) in [5.41, 5.74) is 2.80. The first-order chi connectivity index (χ1) is 11.3. The third-order valence-corrected chi connectivity index (χ3v) is 4.84. The average molecular weight is 306 g/mol. The van der Waals surface area contributed by atoms with Crippen LogP contribution in [0.25, 0.3) is 0 Å².